The van der Waals surface area contributed by atoms with Crippen LogP contribution in [-0.4, -0.2) is 24.9 Å². The first kappa shape index (κ1) is 20.4. The Labute approximate surface area is 138 Å². The number of hydrogen-bond donors (Lipinski definition) is 3. The number of carbonyl (C=O) groups excluding carboxylic acids is 2. The minimum Gasteiger partial charge on any atom is -0.351 e. The summed E-state index contributed by atoms with van der Waals surface area (Å²) in [6.07, 6.45) is 1.22. The van der Waals surface area contributed by atoms with Gasteiger partial charge in [-0.25, -0.2) is 0 Å². The van der Waals surface area contributed by atoms with Gasteiger partial charge in [-0.3, -0.25) is 9.59 Å². The summed E-state index contributed by atoms with van der Waals surface area (Å²) in [6, 6.07) is 6.97. The molecule has 0 aliphatic heterocycles. The maximum absolute atomic E-state index is 12.0. The summed E-state index contributed by atoms with van der Waals surface area (Å²) >= 11 is 0. The molecule has 1 aromatic rings. The van der Waals surface area contributed by atoms with Crippen molar-refractivity contribution in [2.45, 2.75) is 33.6 Å². The normalized spacial score (nSPS) is 10.5. The van der Waals surface area contributed by atoms with Crippen LogP contribution >= 0.6 is 12.4 Å². The second kappa shape index (κ2) is 9.43. The number of halogens is 1. The quantitative estimate of drug-likeness (QED) is 0.750. The van der Waals surface area contributed by atoms with Crippen LogP contribution in [0.1, 0.15) is 44.0 Å². The van der Waals surface area contributed by atoms with Gasteiger partial charge in [-0.1, -0.05) is 32.9 Å². The van der Waals surface area contributed by atoms with E-state index in [0.29, 0.717) is 30.8 Å². The minimum absolute atomic E-state index is 0. The average molecular weight is 328 g/mol. The first-order chi connectivity index (χ1) is 9.83. The Morgan fingerprint density at radius 2 is 1.82 bits per heavy atom. The Bertz CT molecular complexity index is 498. The summed E-state index contributed by atoms with van der Waals surface area (Å²) in [4.78, 5) is 24.0. The van der Waals surface area contributed by atoms with Crippen LogP contribution in [0.15, 0.2) is 24.3 Å². The molecule has 0 atom stereocenters. The van der Waals surface area contributed by atoms with Crippen molar-refractivity contribution in [3.05, 3.63) is 29.8 Å². The molecular weight excluding hydrogens is 302 g/mol. The van der Waals surface area contributed by atoms with Crippen LogP contribution in [0.4, 0.5) is 5.69 Å². The monoisotopic (exact) mass is 327 g/mol. The van der Waals surface area contributed by atoms with Crippen LogP contribution in [-0.2, 0) is 4.79 Å². The predicted octanol–water partition coefficient (Wildman–Crippen LogP) is 2.56. The highest BCUT2D eigenvalue weighted by Gasteiger charge is 2.15. The highest BCUT2D eigenvalue weighted by molar-refractivity contribution is 6.03. The molecule has 0 saturated carbocycles. The third kappa shape index (κ3) is 7.43. The van der Waals surface area contributed by atoms with Crippen molar-refractivity contribution in [2.24, 2.45) is 11.1 Å². The molecule has 0 fully saturated rings. The molecule has 0 heterocycles. The molecule has 6 heteroatoms. The molecule has 124 valence electrons. The molecule has 0 unspecified atom stereocenters. The smallest absolute Gasteiger partial charge is 0.253 e. The Morgan fingerprint density at radius 3 is 2.41 bits per heavy atom. The summed E-state index contributed by atoms with van der Waals surface area (Å²) in [6.45, 7) is 7.06. The molecule has 0 spiro atoms. The maximum Gasteiger partial charge on any atom is 0.253 e. The van der Waals surface area contributed by atoms with Gasteiger partial charge in [0, 0.05) is 19.5 Å². The SMILES string of the molecule is CC(C)(C)CCC(=O)Nc1ccccc1C(=O)NCCN.Cl. The maximum atomic E-state index is 12.0. The topological polar surface area (TPSA) is 84.2 Å². The van der Waals surface area contributed by atoms with Crippen LogP contribution in [0.25, 0.3) is 0 Å². The summed E-state index contributed by atoms with van der Waals surface area (Å²) in [5, 5.41) is 5.51. The minimum atomic E-state index is -0.229. The largest absolute Gasteiger partial charge is 0.351 e. The van der Waals surface area contributed by atoms with Gasteiger partial charge in [0.2, 0.25) is 5.91 Å². The molecule has 0 aliphatic carbocycles. The van der Waals surface area contributed by atoms with E-state index in [4.69, 9.17) is 5.73 Å². The predicted molar refractivity (Wildman–Crippen MR) is 92.4 cm³/mol. The van der Waals surface area contributed by atoms with Crippen LogP contribution in [0.2, 0.25) is 0 Å². The lowest BCUT2D eigenvalue weighted by atomic mass is 9.90. The fraction of sp³-hybridized carbons (Fsp3) is 0.500. The Hall–Kier alpha value is -1.59. The molecule has 0 radical (unpaired) electrons. The number of nitrogens with one attached hydrogen (secondary N) is 2. The Morgan fingerprint density at radius 1 is 1.18 bits per heavy atom. The molecule has 0 aromatic heterocycles. The lowest BCUT2D eigenvalue weighted by Crippen LogP contribution is -2.30. The number of nitrogens with two attached hydrogens (primary N) is 1. The van der Waals surface area contributed by atoms with E-state index >= 15 is 0 Å². The first-order valence-corrected chi connectivity index (χ1v) is 7.20. The van der Waals surface area contributed by atoms with Crippen molar-refractivity contribution in [1.82, 2.24) is 5.32 Å². The summed E-state index contributed by atoms with van der Waals surface area (Å²) in [5.74, 6) is -0.309. The van der Waals surface area contributed by atoms with Crippen LogP contribution in [0, 0.1) is 5.41 Å². The lowest BCUT2D eigenvalue weighted by Gasteiger charge is -2.17. The van der Waals surface area contributed by atoms with Crippen LogP contribution < -0.4 is 16.4 Å². The number of para-hydroxylation sites is 1. The van der Waals surface area contributed by atoms with Crippen molar-refractivity contribution in [3.63, 3.8) is 0 Å². The van der Waals surface area contributed by atoms with Crippen LogP contribution in [0.3, 0.4) is 0 Å². The third-order valence-corrected chi connectivity index (χ3v) is 2.98. The van der Waals surface area contributed by atoms with E-state index < -0.39 is 0 Å². The van der Waals surface area contributed by atoms with E-state index in [-0.39, 0.29) is 29.6 Å². The number of rotatable bonds is 6. The van der Waals surface area contributed by atoms with Gasteiger partial charge >= 0.3 is 0 Å². The second-order valence-electron chi connectivity index (χ2n) is 6.20. The van der Waals surface area contributed by atoms with Crippen molar-refractivity contribution in [2.75, 3.05) is 18.4 Å². The van der Waals surface area contributed by atoms with Gasteiger partial charge in [-0.15, -0.1) is 12.4 Å². The molecular formula is C16H26ClN3O2. The average Bonchev–Trinajstić information content (AvgIpc) is 2.42. The molecule has 0 saturated heterocycles. The van der Waals surface area contributed by atoms with Gasteiger partial charge < -0.3 is 16.4 Å². The van der Waals surface area contributed by atoms with Crippen molar-refractivity contribution in [1.29, 1.82) is 0 Å². The number of benzene rings is 1. The van der Waals surface area contributed by atoms with E-state index in [0.717, 1.165) is 6.42 Å². The Balaban J connectivity index is 0.00000441. The number of anilines is 1. The third-order valence-electron chi connectivity index (χ3n) is 2.98. The molecule has 1 rings (SSSR count). The zero-order chi connectivity index (χ0) is 15.9. The van der Waals surface area contributed by atoms with E-state index in [1.165, 1.54) is 0 Å². The van der Waals surface area contributed by atoms with Gasteiger partial charge in [-0.2, -0.15) is 0 Å². The van der Waals surface area contributed by atoms with Gasteiger partial charge in [0.25, 0.3) is 5.91 Å². The van der Waals surface area contributed by atoms with Crippen molar-refractivity contribution < 1.29 is 9.59 Å². The number of amides is 2. The van der Waals surface area contributed by atoms with E-state index in [9.17, 15) is 9.59 Å². The molecule has 1 aromatic carbocycles. The second-order valence-corrected chi connectivity index (χ2v) is 6.20. The van der Waals surface area contributed by atoms with E-state index in [1.54, 1.807) is 24.3 Å². The molecule has 5 nitrogen and oxygen atoms in total. The number of hydrogen-bond acceptors (Lipinski definition) is 3. The molecule has 4 N–H and O–H groups in total. The Kier molecular flexibility index (Phi) is 8.75. The summed E-state index contributed by atoms with van der Waals surface area (Å²) in [5.41, 5.74) is 6.46. The molecule has 2 amide bonds. The van der Waals surface area contributed by atoms with E-state index in [1.807, 2.05) is 0 Å². The van der Waals surface area contributed by atoms with E-state index in [2.05, 4.69) is 31.4 Å². The fourth-order valence-corrected chi connectivity index (χ4v) is 1.77. The first-order valence-electron chi connectivity index (χ1n) is 7.20. The standard InChI is InChI=1S/C16H25N3O2.ClH/c1-16(2,3)9-8-14(20)19-13-7-5-4-6-12(13)15(21)18-11-10-17;/h4-7H,8-11,17H2,1-3H3,(H,18,21)(H,19,20);1H. The number of carbonyl (C=O) groups is 2. The zero-order valence-electron chi connectivity index (χ0n) is 13.4. The van der Waals surface area contributed by atoms with Crippen molar-refractivity contribution in [3.8, 4) is 0 Å². The summed E-state index contributed by atoms with van der Waals surface area (Å²) < 4.78 is 0. The molecule has 22 heavy (non-hydrogen) atoms. The van der Waals surface area contributed by atoms with Gasteiger partial charge in [-0.05, 0) is 24.0 Å². The zero-order valence-corrected chi connectivity index (χ0v) is 14.3. The highest BCUT2D eigenvalue weighted by atomic mass is 35.5. The van der Waals surface area contributed by atoms with Gasteiger partial charge in [0.05, 0.1) is 11.3 Å². The van der Waals surface area contributed by atoms with Gasteiger partial charge in [0.1, 0.15) is 0 Å². The molecule has 0 bridgehead atoms. The fourth-order valence-electron chi connectivity index (χ4n) is 1.77. The lowest BCUT2D eigenvalue weighted by molar-refractivity contribution is -0.116. The van der Waals surface area contributed by atoms with Crippen molar-refractivity contribution >= 4 is 29.9 Å². The highest BCUT2D eigenvalue weighted by Crippen LogP contribution is 2.21. The summed E-state index contributed by atoms with van der Waals surface area (Å²) in [7, 11) is 0. The molecule has 0 aliphatic rings. The van der Waals surface area contributed by atoms with Crippen LogP contribution in [0.5, 0.6) is 0 Å². The van der Waals surface area contributed by atoms with Gasteiger partial charge in [0.15, 0.2) is 0 Å².